The van der Waals surface area contributed by atoms with E-state index in [0.29, 0.717) is 11.6 Å². The Morgan fingerprint density at radius 3 is 2.61 bits per heavy atom. The molecule has 0 bridgehead atoms. The summed E-state index contributed by atoms with van der Waals surface area (Å²) in [6.45, 7) is 1.46. The van der Waals surface area contributed by atoms with E-state index in [2.05, 4.69) is 10.2 Å². The first-order valence-electron chi connectivity index (χ1n) is 6.02. The Hall–Kier alpha value is -2.11. The van der Waals surface area contributed by atoms with Crippen molar-refractivity contribution in [1.29, 1.82) is 0 Å². The van der Waals surface area contributed by atoms with Gasteiger partial charge in [-0.3, -0.25) is 4.79 Å². The van der Waals surface area contributed by atoms with E-state index < -0.39 is 0 Å². The van der Waals surface area contributed by atoms with Crippen LogP contribution in [0.3, 0.4) is 0 Å². The van der Waals surface area contributed by atoms with E-state index in [0.717, 1.165) is 25.9 Å². The van der Waals surface area contributed by atoms with Crippen LogP contribution < -0.4 is 0 Å². The first-order valence-corrected chi connectivity index (χ1v) is 6.02. The lowest BCUT2D eigenvalue weighted by molar-refractivity contribution is 0.0683. The predicted octanol–water partition coefficient (Wildman–Crippen LogP) is 1.35. The number of hydrogen-bond donors (Lipinski definition) is 0. The number of piperidine rings is 1. The van der Waals surface area contributed by atoms with Gasteiger partial charge in [0.05, 0.1) is 30.3 Å². The summed E-state index contributed by atoms with van der Waals surface area (Å²) < 4.78 is 4.93. The predicted molar refractivity (Wildman–Crippen MR) is 62.9 cm³/mol. The molecule has 94 valence electrons. The maximum absolute atomic E-state index is 12.1. The zero-order chi connectivity index (χ0) is 12.4. The Morgan fingerprint density at radius 1 is 1.28 bits per heavy atom. The highest BCUT2D eigenvalue weighted by molar-refractivity contribution is 5.93. The normalized spacial score (nSPS) is 17.0. The van der Waals surface area contributed by atoms with Crippen LogP contribution in [-0.2, 0) is 0 Å². The molecular formula is C12H14N4O2. The summed E-state index contributed by atoms with van der Waals surface area (Å²) in [6.07, 6.45) is 8.15. The van der Waals surface area contributed by atoms with Gasteiger partial charge in [-0.05, 0) is 18.9 Å². The van der Waals surface area contributed by atoms with Gasteiger partial charge in [-0.2, -0.15) is 15.0 Å². The molecule has 3 heterocycles. The summed E-state index contributed by atoms with van der Waals surface area (Å²) in [4.78, 5) is 15.7. The summed E-state index contributed by atoms with van der Waals surface area (Å²) in [5.41, 5.74) is 0.616. The second kappa shape index (κ2) is 4.64. The molecule has 0 aromatic carbocycles. The molecule has 6 nitrogen and oxygen atoms in total. The quantitative estimate of drug-likeness (QED) is 0.802. The summed E-state index contributed by atoms with van der Waals surface area (Å²) in [5.74, 6) is 0.0376. The Balaban J connectivity index is 1.62. The van der Waals surface area contributed by atoms with Gasteiger partial charge in [-0.1, -0.05) is 0 Å². The van der Waals surface area contributed by atoms with Crippen LogP contribution >= 0.6 is 0 Å². The van der Waals surface area contributed by atoms with Crippen LogP contribution in [0.25, 0.3) is 0 Å². The average Bonchev–Trinajstić information content (AvgIpc) is 3.11. The first-order chi connectivity index (χ1) is 8.84. The second-order valence-corrected chi connectivity index (χ2v) is 4.38. The van der Waals surface area contributed by atoms with Crippen molar-refractivity contribution in [1.82, 2.24) is 19.9 Å². The molecule has 1 amide bonds. The van der Waals surface area contributed by atoms with Gasteiger partial charge in [0.2, 0.25) is 0 Å². The monoisotopic (exact) mass is 246 g/mol. The maximum Gasteiger partial charge on any atom is 0.257 e. The van der Waals surface area contributed by atoms with Crippen molar-refractivity contribution in [3.63, 3.8) is 0 Å². The molecule has 2 aromatic rings. The van der Waals surface area contributed by atoms with Crippen LogP contribution in [0, 0.1) is 0 Å². The molecule has 1 fully saturated rings. The molecule has 0 saturated carbocycles. The van der Waals surface area contributed by atoms with Gasteiger partial charge in [0.1, 0.15) is 6.26 Å². The summed E-state index contributed by atoms with van der Waals surface area (Å²) >= 11 is 0. The Kier molecular flexibility index (Phi) is 2.84. The molecule has 0 unspecified atom stereocenters. The van der Waals surface area contributed by atoms with E-state index in [4.69, 9.17) is 4.42 Å². The van der Waals surface area contributed by atoms with Crippen molar-refractivity contribution in [2.45, 2.75) is 18.9 Å². The molecule has 1 saturated heterocycles. The number of hydrogen-bond acceptors (Lipinski definition) is 4. The largest absolute Gasteiger partial charge is 0.472 e. The molecule has 1 aliphatic rings. The molecular weight excluding hydrogens is 232 g/mol. The van der Waals surface area contributed by atoms with Crippen LogP contribution in [-0.4, -0.2) is 38.9 Å². The third-order valence-electron chi connectivity index (χ3n) is 3.28. The number of amides is 1. The van der Waals surface area contributed by atoms with Gasteiger partial charge < -0.3 is 9.32 Å². The van der Waals surface area contributed by atoms with E-state index in [-0.39, 0.29) is 5.91 Å². The highest BCUT2D eigenvalue weighted by Crippen LogP contribution is 2.21. The molecule has 0 radical (unpaired) electrons. The fourth-order valence-electron chi connectivity index (χ4n) is 2.28. The molecule has 18 heavy (non-hydrogen) atoms. The molecule has 0 spiro atoms. The minimum atomic E-state index is 0.0376. The third-order valence-corrected chi connectivity index (χ3v) is 3.28. The standard InChI is InChI=1S/C12H14N4O2/c17-12(10-3-8-18-9-10)15-6-1-11(2-7-15)16-13-4-5-14-16/h3-5,8-9,11H,1-2,6-7H2. The second-order valence-electron chi connectivity index (χ2n) is 4.38. The number of likely N-dealkylation sites (tertiary alicyclic amines) is 1. The molecule has 6 heteroatoms. The van der Waals surface area contributed by atoms with Crippen molar-refractivity contribution < 1.29 is 9.21 Å². The zero-order valence-electron chi connectivity index (χ0n) is 9.90. The van der Waals surface area contributed by atoms with Crippen molar-refractivity contribution in [2.75, 3.05) is 13.1 Å². The maximum atomic E-state index is 12.1. The van der Waals surface area contributed by atoms with Crippen LogP contribution in [0.5, 0.6) is 0 Å². The fraction of sp³-hybridized carbons (Fsp3) is 0.417. The number of furan rings is 1. The lowest BCUT2D eigenvalue weighted by Crippen LogP contribution is -2.39. The Labute approximate surface area is 104 Å². The fourth-order valence-corrected chi connectivity index (χ4v) is 2.28. The van der Waals surface area contributed by atoms with E-state index in [1.807, 2.05) is 4.90 Å². The number of aromatic nitrogens is 3. The smallest absolute Gasteiger partial charge is 0.257 e. The van der Waals surface area contributed by atoms with Crippen molar-refractivity contribution in [3.05, 3.63) is 36.5 Å². The van der Waals surface area contributed by atoms with Crippen molar-refractivity contribution >= 4 is 5.91 Å². The summed E-state index contributed by atoms with van der Waals surface area (Å²) in [7, 11) is 0. The zero-order valence-corrected chi connectivity index (χ0v) is 9.90. The van der Waals surface area contributed by atoms with Gasteiger partial charge in [0.25, 0.3) is 5.91 Å². The van der Waals surface area contributed by atoms with Gasteiger partial charge in [-0.15, -0.1) is 0 Å². The van der Waals surface area contributed by atoms with Gasteiger partial charge in [0.15, 0.2) is 0 Å². The molecule has 0 atom stereocenters. The molecule has 1 aliphatic heterocycles. The first kappa shape index (κ1) is 11.0. The van der Waals surface area contributed by atoms with Crippen LogP contribution in [0.15, 0.2) is 35.4 Å². The number of carbonyl (C=O) groups is 1. The van der Waals surface area contributed by atoms with Crippen LogP contribution in [0.1, 0.15) is 29.2 Å². The molecule has 0 N–H and O–H groups in total. The van der Waals surface area contributed by atoms with E-state index in [1.165, 1.54) is 12.5 Å². The van der Waals surface area contributed by atoms with E-state index >= 15 is 0 Å². The minimum absolute atomic E-state index is 0.0376. The third kappa shape index (κ3) is 2.01. The van der Waals surface area contributed by atoms with Crippen molar-refractivity contribution in [3.8, 4) is 0 Å². The Morgan fingerprint density at radius 2 is 2.00 bits per heavy atom. The van der Waals surface area contributed by atoms with E-state index in [9.17, 15) is 4.79 Å². The highest BCUT2D eigenvalue weighted by atomic mass is 16.3. The molecule has 0 aliphatic carbocycles. The molecule has 3 rings (SSSR count). The number of nitrogens with zero attached hydrogens (tertiary/aromatic N) is 4. The Bertz CT molecular complexity index is 498. The number of rotatable bonds is 2. The topological polar surface area (TPSA) is 64.2 Å². The lowest BCUT2D eigenvalue weighted by Gasteiger charge is -2.31. The summed E-state index contributed by atoms with van der Waals surface area (Å²) in [5, 5.41) is 8.29. The number of carbonyl (C=O) groups excluding carboxylic acids is 1. The van der Waals surface area contributed by atoms with Gasteiger partial charge >= 0.3 is 0 Å². The van der Waals surface area contributed by atoms with Gasteiger partial charge in [-0.25, -0.2) is 0 Å². The van der Waals surface area contributed by atoms with Crippen LogP contribution in [0.2, 0.25) is 0 Å². The van der Waals surface area contributed by atoms with Crippen LogP contribution in [0.4, 0.5) is 0 Å². The van der Waals surface area contributed by atoms with Crippen molar-refractivity contribution in [2.24, 2.45) is 0 Å². The van der Waals surface area contributed by atoms with E-state index in [1.54, 1.807) is 23.3 Å². The average molecular weight is 246 g/mol. The van der Waals surface area contributed by atoms with Gasteiger partial charge in [0, 0.05) is 13.1 Å². The highest BCUT2D eigenvalue weighted by Gasteiger charge is 2.25. The SMILES string of the molecule is O=C(c1ccoc1)N1CCC(n2nccn2)CC1. The lowest BCUT2D eigenvalue weighted by atomic mass is 10.1. The molecule has 2 aromatic heterocycles. The minimum Gasteiger partial charge on any atom is -0.472 e. The summed E-state index contributed by atoms with van der Waals surface area (Å²) in [6, 6.07) is 2.00.